The molecule has 1 amide bonds. The number of nitrogens with zero attached hydrogens (tertiary/aromatic N) is 3. The van der Waals surface area contributed by atoms with Crippen molar-refractivity contribution in [2.75, 3.05) is 18.8 Å². The molecule has 0 aromatic carbocycles. The molecule has 1 fully saturated rings. The number of carbonyl (C=O) groups excluding carboxylic acids is 1. The Morgan fingerprint density at radius 2 is 2.05 bits per heavy atom. The molecule has 2 aromatic heterocycles. The second-order valence-corrected chi connectivity index (χ2v) is 5.04. The predicted molar refractivity (Wildman–Crippen MR) is 70.0 cm³/mol. The van der Waals surface area contributed by atoms with Crippen LogP contribution in [0.5, 0.6) is 0 Å². The Balaban J connectivity index is 1.62. The third-order valence-electron chi connectivity index (χ3n) is 3.59. The minimum absolute atomic E-state index is 0.0834. The highest BCUT2D eigenvalue weighted by Gasteiger charge is 2.27. The summed E-state index contributed by atoms with van der Waals surface area (Å²) in [5.41, 5.74) is 6.76. The first-order valence-electron chi connectivity index (χ1n) is 6.58. The Morgan fingerprint density at radius 3 is 2.60 bits per heavy atom. The fraction of sp³-hybridized carbons (Fsp3) is 0.462. The fourth-order valence-corrected chi connectivity index (χ4v) is 2.50. The predicted octanol–water partition coefficient (Wildman–Crippen LogP) is 1.57. The van der Waals surface area contributed by atoms with Crippen LogP contribution in [0.4, 0.5) is 5.88 Å². The van der Waals surface area contributed by atoms with Gasteiger partial charge in [0.15, 0.2) is 5.69 Å². The topological polar surface area (TPSA) is 98.4 Å². The van der Waals surface area contributed by atoms with Crippen molar-refractivity contribution in [1.29, 1.82) is 0 Å². The van der Waals surface area contributed by atoms with E-state index in [2.05, 4.69) is 10.3 Å². The summed E-state index contributed by atoms with van der Waals surface area (Å²) in [7, 11) is 0. The van der Waals surface area contributed by atoms with Crippen LogP contribution in [-0.2, 0) is 0 Å². The smallest absolute Gasteiger partial charge is 0.276 e. The van der Waals surface area contributed by atoms with Gasteiger partial charge in [-0.25, -0.2) is 0 Å². The molecule has 7 heteroatoms. The summed E-state index contributed by atoms with van der Waals surface area (Å²) < 4.78 is 9.82. The van der Waals surface area contributed by atoms with Crippen molar-refractivity contribution in [3.8, 4) is 0 Å². The maximum atomic E-state index is 12.2. The number of hydrogen-bond acceptors (Lipinski definition) is 6. The van der Waals surface area contributed by atoms with Crippen LogP contribution < -0.4 is 5.73 Å². The van der Waals surface area contributed by atoms with Crippen LogP contribution in [0.2, 0.25) is 0 Å². The van der Waals surface area contributed by atoms with Gasteiger partial charge in [0.2, 0.25) is 5.88 Å². The first-order valence-corrected chi connectivity index (χ1v) is 6.58. The molecule has 1 saturated heterocycles. The lowest BCUT2D eigenvalue weighted by atomic mass is 9.93. The molecule has 106 valence electrons. The number of amides is 1. The van der Waals surface area contributed by atoms with E-state index in [1.807, 2.05) is 0 Å². The third kappa shape index (κ3) is 2.38. The van der Waals surface area contributed by atoms with Crippen molar-refractivity contribution in [1.82, 2.24) is 15.2 Å². The molecule has 1 aliphatic heterocycles. The summed E-state index contributed by atoms with van der Waals surface area (Å²) >= 11 is 0. The van der Waals surface area contributed by atoms with Gasteiger partial charge in [0.25, 0.3) is 5.91 Å². The van der Waals surface area contributed by atoms with Gasteiger partial charge in [-0.2, -0.15) is 0 Å². The van der Waals surface area contributed by atoms with E-state index < -0.39 is 0 Å². The Kier molecular flexibility index (Phi) is 3.17. The lowest BCUT2D eigenvalue weighted by Gasteiger charge is -2.30. The highest BCUT2D eigenvalue weighted by molar-refractivity contribution is 5.92. The number of nitrogen functional groups attached to an aromatic ring is 1. The third-order valence-corrected chi connectivity index (χ3v) is 3.59. The molecule has 0 atom stereocenters. The van der Waals surface area contributed by atoms with Crippen LogP contribution in [0.15, 0.2) is 21.2 Å². The highest BCUT2D eigenvalue weighted by atomic mass is 16.5. The molecule has 0 aliphatic carbocycles. The van der Waals surface area contributed by atoms with E-state index in [1.54, 1.807) is 24.0 Å². The standard InChI is InChI=1S/C13H16N4O3/c1-8-6-11(16-19-8)13(18)17-4-2-9(3-5-17)10-7-12(14)20-15-10/h6-7,9H,2-5,14H2,1H3. The molecule has 0 saturated carbocycles. The second-order valence-electron chi connectivity index (χ2n) is 5.04. The number of aryl methyl sites for hydroxylation is 1. The fourth-order valence-electron chi connectivity index (χ4n) is 2.50. The van der Waals surface area contributed by atoms with Gasteiger partial charge in [0, 0.05) is 31.1 Å². The van der Waals surface area contributed by atoms with E-state index in [0.29, 0.717) is 36.3 Å². The summed E-state index contributed by atoms with van der Waals surface area (Å²) in [6, 6.07) is 3.41. The number of nitrogens with two attached hydrogens (primary N) is 1. The van der Waals surface area contributed by atoms with Crippen molar-refractivity contribution in [2.24, 2.45) is 0 Å². The second kappa shape index (κ2) is 4.99. The normalized spacial score (nSPS) is 16.6. The van der Waals surface area contributed by atoms with Gasteiger partial charge in [-0.15, -0.1) is 0 Å². The molecule has 3 heterocycles. The van der Waals surface area contributed by atoms with E-state index in [9.17, 15) is 4.79 Å². The number of likely N-dealkylation sites (tertiary alicyclic amines) is 1. The SMILES string of the molecule is Cc1cc(C(=O)N2CCC(c3cc(N)on3)CC2)no1. The molecule has 0 spiro atoms. The van der Waals surface area contributed by atoms with E-state index in [0.717, 1.165) is 18.5 Å². The molecular formula is C13H16N4O3. The number of carbonyl (C=O) groups is 1. The zero-order valence-corrected chi connectivity index (χ0v) is 11.2. The van der Waals surface area contributed by atoms with E-state index in [4.69, 9.17) is 14.8 Å². The first-order chi connectivity index (χ1) is 9.63. The monoisotopic (exact) mass is 276 g/mol. The molecule has 7 nitrogen and oxygen atoms in total. The largest absolute Gasteiger partial charge is 0.368 e. The summed E-state index contributed by atoms with van der Waals surface area (Å²) in [6.07, 6.45) is 1.68. The molecule has 3 rings (SSSR count). The maximum Gasteiger partial charge on any atom is 0.276 e. The van der Waals surface area contributed by atoms with E-state index in [1.165, 1.54) is 0 Å². The molecule has 1 aliphatic rings. The first kappa shape index (κ1) is 12.7. The molecule has 0 radical (unpaired) electrons. The maximum absolute atomic E-state index is 12.2. The molecule has 2 N–H and O–H groups in total. The van der Waals surface area contributed by atoms with Crippen LogP contribution >= 0.6 is 0 Å². The summed E-state index contributed by atoms with van der Waals surface area (Å²) in [4.78, 5) is 14.0. The molecule has 0 unspecified atom stereocenters. The molecular weight excluding hydrogens is 260 g/mol. The Bertz CT molecular complexity index is 611. The van der Waals surface area contributed by atoms with Crippen molar-refractivity contribution in [2.45, 2.75) is 25.7 Å². The van der Waals surface area contributed by atoms with Crippen LogP contribution in [-0.4, -0.2) is 34.2 Å². The summed E-state index contributed by atoms with van der Waals surface area (Å²) in [6.45, 7) is 3.11. The molecule has 20 heavy (non-hydrogen) atoms. The Labute approximate surface area is 115 Å². The number of rotatable bonds is 2. The minimum atomic E-state index is -0.0834. The average molecular weight is 276 g/mol. The van der Waals surface area contributed by atoms with E-state index in [-0.39, 0.29) is 5.91 Å². The zero-order chi connectivity index (χ0) is 14.1. The van der Waals surface area contributed by atoms with Crippen LogP contribution in [0, 0.1) is 6.92 Å². The van der Waals surface area contributed by atoms with Crippen molar-refractivity contribution >= 4 is 11.8 Å². The van der Waals surface area contributed by atoms with Gasteiger partial charge in [0.1, 0.15) is 5.76 Å². The number of hydrogen-bond donors (Lipinski definition) is 1. The van der Waals surface area contributed by atoms with Gasteiger partial charge in [-0.05, 0) is 19.8 Å². The van der Waals surface area contributed by atoms with Crippen molar-refractivity contribution in [3.05, 3.63) is 29.3 Å². The minimum Gasteiger partial charge on any atom is -0.368 e. The van der Waals surface area contributed by atoms with Gasteiger partial charge in [-0.3, -0.25) is 4.79 Å². The van der Waals surface area contributed by atoms with Crippen molar-refractivity contribution in [3.63, 3.8) is 0 Å². The lowest BCUT2D eigenvalue weighted by molar-refractivity contribution is 0.0701. The van der Waals surface area contributed by atoms with Crippen LogP contribution in [0.25, 0.3) is 0 Å². The van der Waals surface area contributed by atoms with Crippen LogP contribution in [0.1, 0.15) is 40.7 Å². The quantitative estimate of drug-likeness (QED) is 0.894. The number of piperidine rings is 1. The van der Waals surface area contributed by atoms with Gasteiger partial charge in [-0.1, -0.05) is 10.3 Å². The number of aromatic nitrogens is 2. The average Bonchev–Trinajstić information content (AvgIpc) is 3.07. The summed E-state index contributed by atoms with van der Waals surface area (Å²) in [5.74, 6) is 1.18. The van der Waals surface area contributed by atoms with Crippen LogP contribution in [0.3, 0.4) is 0 Å². The van der Waals surface area contributed by atoms with Gasteiger partial charge < -0.3 is 19.7 Å². The zero-order valence-electron chi connectivity index (χ0n) is 11.2. The highest BCUT2D eigenvalue weighted by Crippen LogP contribution is 2.28. The Hall–Kier alpha value is -2.31. The molecule has 2 aromatic rings. The van der Waals surface area contributed by atoms with Gasteiger partial charge >= 0.3 is 0 Å². The van der Waals surface area contributed by atoms with Gasteiger partial charge in [0.05, 0.1) is 5.69 Å². The Morgan fingerprint density at radius 1 is 1.30 bits per heavy atom. The number of anilines is 1. The van der Waals surface area contributed by atoms with E-state index >= 15 is 0 Å². The lowest BCUT2D eigenvalue weighted by Crippen LogP contribution is -2.38. The summed E-state index contributed by atoms with van der Waals surface area (Å²) in [5, 5.41) is 7.70. The molecule has 0 bridgehead atoms. The van der Waals surface area contributed by atoms with Crippen molar-refractivity contribution < 1.29 is 13.8 Å².